The monoisotopic (exact) mass is 318 g/mol. The number of quaternary nitrogens is 1. The minimum absolute atomic E-state index is 0.674. The number of hydrogen-bond donors (Lipinski definition) is 1. The van der Waals surface area contributed by atoms with Crippen molar-refractivity contribution >= 4 is 27.5 Å². The van der Waals surface area contributed by atoms with Gasteiger partial charge in [0.05, 0.1) is 18.1 Å². The Hall–Kier alpha value is -0.250. The molecule has 0 aliphatic carbocycles. The van der Waals surface area contributed by atoms with Crippen molar-refractivity contribution in [3.63, 3.8) is 0 Å². The van der Waals surface area contributed by atoms with Crippen LogP contribution in [0.5, 0.6) is 5.75 Å². The number of piperidine rings is 1. The van der Waals surface area contributed by atoms with Crippen molar-refractivity contribution < 1.29 is 9.64 Å². The van der Waals surface area contributed by atoms with Crippen molar-refractivity contribution in [3.05, 3.63) is 27.7 Å². The third kappa shape index (κ3) is 4.16. The first kappa shape index (κ1) is 13.2. The Balaban J connectivity index is 1.77. The lowest BCUT2D eigenvalue weighted by atomic mass is 10.1. The third-order valence-corrected chi connectivity index (χ3v) is 3.96. The molecular weight excluding hydrogens is 302 g/mol. The molecule has 1 aliphatic rings. The molecule has 0 amide bonds. The second-order valence-electron chi connectivity index (χ2n) is 4.48. The summed E-state index contributed by atoms with van der Waals surface area (Å²) in [6, 6.07) is 5.73. The number of rotatable bonds is 4. The average molecular weight is 320 g/mol. The zero-order valence-corrected chi connectivity index (χ0v) is 12.2. The van der Waals surface area contributed by atoms with Crippen LogP contribution in [0.25, 0.3) is 0 Å². The van der Waals surface area contributed by atoms with Crippen LogP contribution in [0.1, 0.15) is 19.3 Å². The van der Waals surface area contributed by atoms with Gasteiger partial charge in [-0.15, -0.1) is 0 Å². The fraction of sp³-hybridized carbons (Fsp3) is 0.538. The summed E-state index contributed by atoms with van der Waals surface area (Å²) in [6.07, 6.45) is 4.10. The number of hydrogen-bond acceptors (Lipinski definition) is 1. The van der Waals surface area contributed by atoms with Gasteiger partial charge in [-0.3, -0.25) is 0 Å². The Morgan fingerprint density at radius 1 is 1.24 bits per heavy atom. The smallest absolute Gasteiger partial charge is 0.138 e. The molecule has 94 valence electrons. The quantitative estimate of drug-likeness (QED) is 0.900. The summed E-state index contributed by atoms with van der Waals surface area (Å²) < 4.78 is 6.70. The normalized spacial score (nSPS) is 17.1. The molecule has 2 nitrogen and oxygen atoms in total. The summed E-state index contributed by atoms with van der Waals surface area (Å²) >= 11 is 9.47. The van der Waals surface area contributed by atoms with Gasteiger partial charge in [0, 0.05) is 4.47 Å². The van der Waals surface area contributed by atoms with Gasteiger partial charge in [0.25, 0.3) is 0 Å². The fourth-order valence-corrected chi connectivity index (χ4v) is 2.93. The van der Waals surface area contributed by atoms with Crippen molar-refractivity contribution in [2.45, 2.75) is 19.3 Å². The molecule has 1 heterocycles. The SMILES string of the molecule is Clc1cc(Br)ccc1OCC[NH+]1CCCCC1. The molecule has 0 atom stereocenters. The molecule has 0 bridgehead atoms. The van der Waals surface area contributed by atoms with E-state index in [1.807, 2.05) is 18.2 Å². The molecule has 1 aromatic rings. The number of ether oxygens (including phenoxy) is 1. The molecule has 17 heavy (non-hydrogen) atoms. The van der Waals surface area contributed by atoms with E-state index < -0.39 is 0 Å². The second-order valence-corrected chi connectivity index (χ2v) is 5.81. The summed E-state index contributed by atoms with van der Waals surface area (Å²) in [4.78, 5) is 1.66. The Morgan fingerprint density at radius 2 is 2.00 bits per heavy atom. The molecule has 4 heteroatoms. The summed E-state index contributed by atoms with van der Waals surface area (Å²) in [5, 5.41) is 0.674. The summed E-state index contributed by atoms with van der Waals surface area (Å²) in [5.41, 5.74) is 0. The van der Waals surface area contributed by atoms with Gasteiger partial charge in [0.1, 0.15) is 18.9 Å². The largest absolute Gasteiger partial charge is 0.486 e. The maximum atomic E-state index is 6.09. The maximum Gasteiger partial charge on any atom is 0.138 e. The molecule has 0 unspecified atom stereocenters. The van der Waals surface area contributed by atoms with Crippen LogP contribution in [0, 0.1) is 0 Å². The van der Waals surface area contributed by atoms with Crippen molar-refractivity contribution in [2.24, 2.45) is 0 Å². The molecular formula is C13H18BrClNO+. The Labute approximate surface area is 116 Å². The van der Waals surface area contributed by atoms with E-state index in [0.717, 1.165) is 23.4 Å². The third-order valence-electron chi connectivity index (χ3n) is 3.17. The van der Waals surface area contributed by atoms with Crippen LogP contribution in [0.3, 0.4) is 0 Å². The average Bonchev–Trinajstić information content (AvgIpc) is 2.33. The van der Waals surface area contributed by atoms with Gasteiger partial charge in [-0.2, -0.15) is 0 Å². The summed E-state index contributed by atoms with van der Waals surface area (Å²) in [7, 11) is 0. The highest BCUT2D eigenvalue weighted by molar-refractivity contribution is 9.10. The van der Waals surface area contributed by atoms with Crippen LogP contribution >= 0.6 is 27.5 Å². The molecule has 0 saturated carbocycles. The molecule has 1 fully saturated rings. The minimum atomic E-state index is 0.674. The predicted octanol–water partition coefficient (Wildman–Crippen LogP) is 2.55. The van der Waals surface area contributed by atoms with Crippen LogP contribution in [-0.2, 0) is 0 Å². The number of nitrogens with one attached hydrogen (secondary N) is 1. The first-order valence-electron chi connectivity index (χ1n) is 6.17. The van der Waals surface area contributed by atoms with Gasteiger partial charge in [-0.05, 0) is 37.5 Å². The Morgan fingerprint density at radius 3 is 2.71 bits per heavy atom. The van der Waals surface area contributed by atoms with E-state index in [1.165, 1.54) is 32.4 Å². The van der Waals surface area contributed by atoms with Gasteiger partial charge < -0.3 is 9.64 Å². The first-order valence-corrected chi connectivity index (χ1v) is 7.34. The predicted molar refractivity (Wildman–Crippen MR) is 74.1 cm³/mol. The highest BCUT2D eigenvalue weighted by Gasteiger charge is 2.13. The van der Waals surface area contributed by atoms with Crippen LogP contribution in [0.2, 0.25) is 5.02 Å². The Bertz CT molecular complexity index is 366. The summed E-state index contributed by atoms with van der Waals surface area (Å²) in [5.74, 6) is 0.784. The summed E-state index contributed by atoms with van der Waals surface area (Å²) in [6.45, 7) is 4.40. The van der Waals surface area contributed by atoms with Crippen LogP contribution in [0.15, 0.2) is 22.7 Å². The number of benzene rings is 1. The van der Waals surface area contributed by atoms with E-state index in [2.05, 4.69) is 15.9 Å². The van der Waals surface area contributed by atoms with Crippen molar-refractivity contribution in [1.82, 2.24) is 0 Å². The van der Waals surface area contributed by atoms with Gasteiger partial charge in [-0.1, -0.05) is 27.5 Å². The van der Waals surface area contributed by atoms with Crippen molar-refractivity contribution in [3.8, 4) is 5.75 Å². The van der Waals surface area contributed by atoms with E-state index in [9.17, 15) is 0 Å². The first-order chi connectivity index (χ1) is 8.25. The van der Waals surface area contributed by atoms with E-state index in [0.29, 0.717) is 5.02 Å². The van der Waals surface area contributed by atoms with Gasteiger partial charge in [0.2, 0.25) is 0 Å². The molecule has 0 aromatic heterocycles. The number of halogens is 2. The molecule has 1 aromatic carbocycles. The Kier molecular flexibility index (Phi) is 5.14. The molecule has 0 radical (unpaired) electrons. The van der Waals surface area contributed by atoms with E-state index in [1.54, 1.807) is 4.90 Å². The molecule has 1 aliphatic heterocycles. The van der Waals surface area contributed by atoms with E-state index in [-0.39, 0.29) is 0 Å². The van der Waals surface area contributed by atoms with Gasteiger partial charge in [-0.25, -0.2) is 0 Å². The number of likely N-dealkylation sites (tertiary alicyclic amines) is 1. The minimum Gasteiger partial charge on any atom is -0.486 e. The highest BCUT2D eigenvalue weighted by atomic mass is 79.9. The van der Waals surface area contributed by atoms with E-state index >= 15 is 0 Å². The highest BCUT2D eigenvalue weighted by Crippen LogP contribution is 2.27. The van der Waals surface area contributed by atoms with Crippen LogP contribution < -0.4 is 9.64 Å². The lowest BCUT2D eigenvalue weighted by molar-refractivity contribution is -0.904. The lowest BCUT2D eigenvalue weighted by Crippen LogP contribution is -3.13. The van der Waals surface area contributed by atoms with Crippen molar-refractivity contribution in [1.29, 1.82) is 0 Å². The zero-order chi connectivity index (χ0) is 12.1. The fourth-order valence-electron chi connectivity index (χ4n) is 2.20. The zero-order valence-electron chi connectivity index (χ0n) is 9.85. The van der Waals surface area contributed by atoms with Gasteiger partial charge in [0.15, 0.2) is 0 Å². The maximum absolute atomic E-state index is 6.09. The molecule has 2 rings (SSSR count). The molecule has 1 saturated heterocycles. The van der Waals surface area contributed by atoms with Crippen LogP contribution in [0.4, 0.5) is 0 Å². The topological polar surface area (TPSA) is 13.7 Å². The second kappa shape index (κ2) is 6.62. The lowest BCUT2D eigenvalue weighted by Gasteiger charge is -2.23. The molecule has 0 spiro atoms. The van der Waals surface area contributed by atoms with Crippen molar-refractivity contribution in [2.75, 3.05) is 26.2 Å². The standard InChI is InChI=1S/C13H17BrClNO/c14-11-4-5-13(12(15)10-11)17-9-8-16-6-2-1-3-7-16/h4-5,10H,1-3,6-9H2/p+1. The van der Waals surface area contributed by atoms with Crippen LogP contribution in [-0.4, -0.2) is 26.2 Å². The van der Waals surface area contributed by atoms with E-state index in [4.69, 9.17) is 16.3 Å². The molecule has 1 N–H and O–H groups in total. The van der Waals surface area contributed by atoms with Gasteiger partial charge >= 0.3 is 0 Å².